The predicted molar refractivity (Wildman–Crippen MR) is 94.1 cm³/mol. The predicted octanol–water partition coefficient (Wildman–Crippen LogP) is 2.59. The molecule has 132 valence electrons. The highest BCUT2D eigenvalue weighted by Gasteiger charge is 2.53. The highest BCUT2D eigenvalue weighted by Crippen LogP contribution is 2.53. The molecule has 0 radical (unpaired) electrons. The second-order valence-electron chi connectivity index (χ2n) is 8.86. The number of pyridine rings is 1. The number of aromatic nitrogens is 2. The number of hydrogen-bond donors (Lipinski definition) is 1. The van der Waals surface area contributed by atoms with E-state index in [0.29, 0.717) is 24.2 Å². The Labute approximate surface area is 147 Å². The Balaban J connectivity index is 1.25. The molecule has 25 heavy (non-hydrogen) atoms. The molecule has 5 rings (SSSR count). The third-order valence-corrected chi connectivity index (χ3v) is 6.68. The van der Waals surface area contributed by atoms with Crippen LogP contribution in [0.25, 0.3) is 5.65 Å². The van der Waals surface area contributed by atoms with Crippen LogP contribution in [0.4, 0.5) is 0 Å². The number of hydrogen-bond acceptors (Lipinski definition) is 3. The lowest BCUT2D eigenvalue weighted by molar-refractivity contribution is -0.161. The number of likely N-dealkylation sites (tertiary alicyclic amines) is 1. The van der Waals surface area contributed by atoms with Crippen molar-refractivity contribution in [3.05, 3.63) is 36.3 Å². The molecule has 1 N–H and O–H groups in total. The minimum Gasteiger partial charge on any atom is -0.390 e. The first kappa shape index (κ1) is 15.4. The van der Waals surface area contributed by atoms with E-state index in [4.69, 9.17) is 0 Å². The quantitative estimate of drug-likeness (QED) is 0.915. The fourth-order valence-electron chi connectivity index (χ4n) is 5.40. The van der Waals surface area contributed by atoms with E-state index in [1.165, 1.54) is 18.4 Å². The van der Waals surface area contributed by atoms with Gasteiger partial charge in [-0.25, -0.2) is 4.98 Å². The normalized spacial score (nSPS) is 33.4. The summed E-state index contributed by atoms with van der Waals surface area (Å²) >= 11 is 0. The zero-order valence-electron chi connectivity index (χ0n) is 14.7. The first-order valence-electron chi connectivity index (χ1n) is 9.38. The number of fused-ring (bicyclic) bond motifs is 1. The fraction of sp³-hybridized carbons (Fsp3) is 0.600. The van der Waals surface area contributed by atoms with Crippen molar-refractivity contribution in [2.75, 3.05) is 13.1 Å². The first-order chi connectivity index (χ1) is 11.9. The molecule has 5 heteroatoms. The van der Waals surface area contributed by atoms with Crippen LogP contribution in [-0.4, -0.2) is 44.0 Å². The van der Waals surface area contributed by atoms with Gasteiger partial charge >= 0.3 is 0 Å². The SMILES string of the molecule is CC1(O)CC(C(=O)N2CC3(CC[C@@H](c4cccn5ccnc45)C3)C2)C1. The van der Waals surface area contributed by atoms with E-state index < -0.39 is 5.60 Å². The summed E-state index contributed by atoms with van der Waals surface area (Å²) in [5.41, 5.74) is 2.12. The molecule has 1 saturated heterocycles. The van der Waals surface area contributed by atoms with Gasteiger partial charge in [0.1, 0.15) is 5.65 Å². The number of nitrogens with zero attached hydrogens (tertiary/aromatic N) is 3. The van der Waals surface area contributed by atoms with Crippen LogP contribution in [0.15, 0.2) is 30.7 Å². The molecule has 0 unspecified atom stereocenters. The molecule has 0 aromatic carbocycles. The largest absolute Gasteiger partial charge is 0.390 e. The van der Waals surface area contributed by atoms with Gasteiger partial charge in [-0.05, 0) is 56.6 Å². The molecule has 2 aromatic heterocycles. The summed E-state index contributed by atoms with van der Waals surface area (Å²) in [6.45, 7) is 3.63. The summed E-state index contributed by atoms with van der Waals surface area (Å²) in [7, 11) is 0. The van der Waals surface area contributed by atoms with Crippen molar-refractivity contribution in [3.63, 3.8) is 0 Å². The van der Waals surface area contributed by atoms with Crippen LogP contribution in [0.1, 0.15) is 50.5 Å². The van der Waals surface area contributed by atoms with E-state index in [1.54, 1.807) is 0 Å². The van der Waals surface area contributed by atoms with E-state index in [1.807, 2.05) is 30.4 Å². The van der Waals surface area contributed by atoms with Crippen LogP contribution in [0.2, 0.25) is 0 Å². The fourth-order valence-corrected chi connectivity index (χ4v) is 5.40. The topological polar surface area (TPSA) is 57.8 Å². The lowest BCUT2D eigenvalue weighted by Gasteiger charge is -2.52. The van der Waals surface area contributed by atoms with Gasteiger partial charge in [0, 0.05) is 43.0 Å². The van der Waals surface area contributed by atoms with Gasteiger partial charge in [-0.3, -0.25) is 4.79 Å². The zero-order valence-corrected chi connectivity index (χ0v) is 14.7. The molecule has 1 aliphatic heterocycles. The van der Waals surface area contributed by atoms with Crippen molar-refractivity contribution in [1.29, 1.82) is 0 Å². The Morgan fingerprint density at radius 3 is 2.84 bits per heavy atom. The van der Waals surface area contributed by atoms with Crippen LogP contribution in [0, 0.1) is 11.3 Å². The van der Waals surface area contributed by atoms with Crippen molar-refractivity contribution in [1.82, 2.24) is 14.3 Å². The monoisotopic (exact) mass is 339 g/mol. The molecular weight excluding hydrogens is 314 g/mol. The number of carbonyl (C=O) groups excluding carboxylic acids is 1. The molecule has 0 bridgehead atoms. The average molecular weight is 339 g/mol. The number of aliphatic hydroxyl groups is 1. The van der Waals surface area contributed by atoms with Gasteiger partial charge < -0.3 is 14.4 Å². The minimum atomic E-state index is -0.621. The number of rotatable bonds is 2. The van der Waals surface area contributed by atoms with Crippen LogP contribution >= 0.6 is 0 Å². The highest BCUT2D eigenvalue weighted by atomic mass is 16.3. The van der Waals surface area contributed by atoms with Gasteiger partial charge in [0.25, 0.3) is 0 Å². The first-order valence-corrected chi connectivity index (χ1v) is 9.38. The Kier molecular flexibility index (Phi) is 3.12. The molecule has 1 atom stereocenters. The van der Waals surface area contributed by atoms with Gasteiger partial charge in [-0.15, -0.1) is 0 Å². The molecule has 3 aliphatic rings. The third-order valence-electron chi connectivity index (χ3n) is 6.68. The second-order valence-corrected chi connectivity index (χ2v) is 8.86. The lowest BCUT2D eigenvalue weighted by Crippen LogP contribution is -2.61. The zero-order chi connectivity index (χ0) is 17.2. The van der Waals surface area contributed by atoms with Crippen LogP contribution < -0.4 is 0 Å². The maximum atomic E-state index is 12.5. The molecule has 5 nitrogen and oxygen atoms in total. The lowest BCUT2D eigenvalue weighted by atomic mass is 9.69. The standard InChI is InChI=1S/C20H25N3O2/c1-19(25)9-15(10-19)18(24)23-12-20(13-23)5-4-14(11-20)16-3-2-7-22-8-6-21-17(16)22/h2-3,6-8,14-15,25H,4-5,9-13H2,1H3/t14-,15?,19?/m1/s1. The van der Waals surface area contributed by atoms with Crippen molar-refractivity contribution < 1.29 is 9.90 Å². The third kappa shape index (κ3) is 2.40. The van der Waals surface area contributed by atoms with Crippen molar-refractivity contribution in [2.45, 2.75) is 50.5 Å². The smallest absolute Gasteiger partial charge is 0.225 e. The summed E-state index contributed by atoms with van der Waals surface area (Å²) in [6, 6.07) is 4.32. The summed E-state index contributed by atoms with van der Waals surface area (Å²) in [6.07, 6.45) is 10.7. The van der Waals surface area contributed by atoms with Gasteiger partial charge in [0.15, 0.2) is 0 Å². The van der Waals surface area contributed by atoms with Crippen molar-refractivity contribution in [3.8, 4) is 0 Å². The Morgan fingerprint density at radius 1 is 1.28 bits per heavy atom. The summed E-state index contributed by atoms with van der Waals surface area (Å²) in [4.78, 5) is 19.1. The maximum absolute atomic E-state index is 12.5. The maximum Gasteiger partial charge on any atom is 0.225 e. The number of carbonyl (C=O) groups is 1. The van der Waals surface area contributed by atoms with E-state index in [0.717, 1.165) is 25.2 Å². The van der Waals surface area contributed by atoms with Crippen LogP contribution in [0.3, 0.4) is 0 Å². The van der Waals surface area contributed by atoms with Gasteiger partial charge in [-0.1, -0.05) is 6.07 Å². The summed E-state index contributed by atoms with van der Waals surface area (Å²) < 4.78 is 2.10. The average Bonchev–Trinajstić information content (AvgIpc) is 3.16. The summed E-state index contributed by atoms with van der Waals surface area (Å²) in [5, 5.41) is 9.86. The van der Waals surface area contributed by atoms with Gasteiger partial charge in [-0.2, -0.15) is 0 Å². The molecule has 2 saturated carbocycles. The van der Waals surface area contributed by atoms with E-state index in [2.05, 4.69) is 21.5 Å². The second kappa shape index (κ2) is 5.07. The minimum absolute atomic E-state index is 0.0446. The molecular formula is C20H25N3O2. The molecule has 2 aromatic rings. The molecule has 3 fully saturated rings. The number of imidazole rings is 1. The molecule has 2 aliphatic carbocycles. The van der Waals surface area contributed by atoms with Crippen LogP contribution in [-0.2, 0) is 4.79 Å². The molecule has 1 spiro atoms. The Hall–Kier alpha value is -1.88. The molecule has 3 heterocycles. The number of amides is 1. The van der Waals surface area contributed by atoms with Gasteiger partial charge in [0.05, 0.1) is 5.60 Å². The Morgan fingerprint density at radius 2 is 2.08 bits per heavy atom. The van der Waals surface area contributed by atoms with E-state index in [-0.39, 0.29) is 11.8 Å². The Bertz CT molecular complexity index is 826. The van der Waals surface area contributed by atoms with E-state index in [9.17, 15) is 9.90 Å². The highest BCUT2D eigenvalue weighted by molar-refractivity contribution is 5.81. The van der Waals surface area contributed by atoms with Crippen molar-refractivity contribution in [2.24, 2.45) is 11.3 Å². The van der Waals surface area contributed by atoms with Crippen molar-refractivity contribution >= 4 is 11.6 Å². The molecule has 1 amide bonds. The van der Waals surface area contributed by atoms with Crippen LogP contribution in [0.5, 0.6) is 0 Å². The van der Waals surface area contributed by atoms with Gasteiger partial charge in [0.2, 0.25) is 5.91 Å². The summed E-state index contributed by atoms with van der Waals surface area (Å²) in [5.74, 6) is 0.854. The van der Waals surface area contributed by atoms with E-state index >= 15 is 0 Å².